The van der Waals surface area contributed by atoms with Crippen molar-refractivity contribution < 1.29 is 14.6 Å². The highest BCUT2D eigenvalue weighted by molar-refractivity contribution is 5.25. The van der Waals surface area contributed by atoms with Crippen LogP contribution in [0.1, 0.15) is 18.6 Å². The van der Waals surface area contributed by atoms with Gasteiger partial charge in [-0.3, -0.25) is 0 Å². The Morgan fingerprint density at radius 3 is 2.21 bits per heavy atom. The molecule has 0 fully saturated rings. The van der Waals surface area contributed by atoms with Crippen molar-refractivity contribution in [3.63, 3.8) is 0 Å². The van der Waals surface area contributed by atoms with E-state index >= 15 is 0 Å². The van der Waals surface area contributed by atoms with Crippen LogP contribution >= 0.6 is 0 Å². The van der Waals surface area contributed by atoms with Crippen LogP contribution in [-0.4, -0.2) is 16.3 Å². The Labute approximate surface area is 82.0 Å². The number of hydrogen-bond donors (Lipinski definition) is 2. The molecule has 1 rings (SSSR count). The van der Waals surface area contributed by atoms with E-state index in [0.717, 1.165) is 0 Å². The lowest BCUT2D eigenvalue weighted by Gasteiger charge is -2.02. The van der Waals surface area contributed by atoms with Crippen molar-refractivity contribution in [2.45, 2.75) is 19.1 Å². The topological polar surface area (TPSA) is 40.5 Å². The number of aliphatic hydroxyl groups excluding tert-OH is 2. The lowest BCUT2D eigenvalue weighted by atomic mass is 10.1. The summed E-state index contributed by atoms with van der Waals surface area (Å²) in [5, 5.41) is 18.3. The van der Waals surface area contributed by atoms with E-state index in [1.165, 1.54) is 31.2 Å². The second-order valence-electron chi connectivity index (χ2n) is 2.92. The van der Waals surface area contributed by atoms with Gasteiger partial charge in [0.05, 0.1) is 0 Å². The SMILES string of the molecule is CC(O)C#CC(O)c1ccc(F)cc1. The molecule has 3 heteroatoms. The maximum Gasteiger partial charge on any atom is 0.140 e. The summed E-state index contributed by atoms with van der Waals surface area (Å²) in [5.74, 6) is 4.51. The lowest BCUT2D eigenvalue weighted by Crippen LogP contribution is -1.97. The fourth-order valence-corrected chi connectivity index (χ4v) is 0.928. The van der Waals surface area contributed by atoms with E-state index in [9.17, 15) is 9.50 Å². The molecule has 0 aliphatic heterocycles. The number of rotatable bonds is 1. The molecule has 0 spiro atoms. The number of benzene rings is 1. The van der Waals surface area contributed by atoms with Gasteiger partial charge in [-0.1, -0.05) is 24.0 Å². The molecule has 1 aromatic rings. The Morgan fingerprint density at radius 2 is 1.71 bits per heavy atom. The van der Waals surface area contributed by atoms with Gasteiger partial charge in [0, 0.05) is 0 Å². The summed E-state index contributed by atoms with van der Waals surface area (Å²) in [6.07, 6.45) is -1.75. The first-order valence-corrected chi connectivity index (χ1v) is 4.22. The average Bonchev–Trinajstić information content (AvgIpc) is 2.15. The number of aliphatic hydroxyl groups is 2. The highest BCUT2D eigenvalue weighted by Gasteiger charge is 2.02. The molecule has 0 aliphatic rings. The molecule has 2 N–H and O–H groups in total. The standard InChI is InChI=1S/C11H11FO2/c1-8(13)2-7-11(14)9-3-5-10(12)6-4-9/h3-6,8,11,13-14H,1H3. The zero-order chi connectivity index (χ0) is 10.6. The normalized spacial score (nSPS) is 14.0. The van der Waals surface area contributed by atoms with Gasteiger partial charge in [0.15, 0.2) is 0 Å². The van der Waals surface area contributed by atoms with E-state index in [4.69, 9.17) is 5.11 Å². The summed E-state index contributed by atoms with van der Waals surface area (Å²) < 4.78 is 12.5. The molecule has 0 aliphatic carbocycles. The number of hydrogen-bond acceptors (Lipinski definition) is 2. The van der Waals surface area contributed by atoms with Crippen molar-refractivity contribution in [1.29, 1.82) is 0 Å². The molecule has 0 bridgehead atoms. The minimum Gasteiger partial charge on any atom is -0.381 e. The molecule has 74 valence electrons. The van der Waals surface area contributed by atoms with Crippen LogP contribution in [0.5, 0.6) is 0 Å². The highest BCUT2D eigenvalue weighted by atomic mass is 19.1. The van der Waals surface area contributed by atoms with E-state index in [2.05, 4.69) is 11.8 Å². The Hall–Kier alpha value is -1.37. The predicted octanol–water partition coefficient (Wildman–Crippen LogP) is 1.24. The molecule has 0 amide bonds. The van der Waals surface area contributed by atoms with Gasteiger partial charge in [0.1, 0.15) is 18.0 Å². The summed E-state index contributed by atoms with van der Waals surface area (Å²) in [5.41, 5.74) is 0.513. The van der Waals surface area contributed by atoms with Crippen molar-refractivity contribution in [1.82, 2.24) is 0 Å². The fourth-order valence-electron chi connectivity index (χ4n) is 0.928. The van der Waals surface area contributed by atoms with Crippen molar-refractivity contribution in [2.75, 3.05) is 0 Å². The van der Waals surface area contributed by atoms with Gasteiger partial charge in [-0.05, 0) is 24.6 Å². The van der Waals surface area contributed by atoms with Crippen LogP contribution in [0.2, 0.25) is 0 Å². The number of halogens is 1. The van der Waals surface area contributed by atoms with E-state index in [1.54, 1.807) is 0 Å². The maximum absolute atomic E-state index is 12.5. The third-order valence-corrected chi connectivity index (χ3v) is 1.61. The van der Waals surface area contributed by atoms with Crippen molar-refractivity contribution in [2.24, 2.45) is 0 Å². The molecular weight excluding hydrogens is 183 g/mol. The molecule has 0 aromatic heterocycles. The zero-order valence-corrected chi connectivity index (χ0v) is 7.74. The van der Waals surface area contributed by atoms with Gasteiger partial charge < -0.3 is 10.2 Å². The zero-order valence-electron chi connectivity index (χ0n) is 7.74. The largest absolute Gasteiger partial charge is 0.381 e. The Bertz CT molecular complexity index is 346. The van der Waals surface area contributed by atoms with Crippen LogP contribution in [0.25, 0.3) is 0 Å². The molecule has 1 aromatic carbocycles. The molecule has 14 heavy (non-hydrogen) atoms. The maximum atomic E-state index is 12.5. The first-order valence-electron chi connectivity index (χ1n) is 4.22. The van der Waals surface area contributed by atoms with Crippen LogP contribution < -0.4 is 0 Å². The van der Waals surface area contributed by atoms with Crippen LogP contribution in [0.4, 0.5) is 4.39 Å². The van der Waals surface area contributed by atoms with Crippen LogP contribution in [0.3, 0.4) is 0 Å². The molecule has 0 heterocycles. The first-order chi connectivity index (χ1) is 6.59. The minimum absolute atomic E-state index is 0.357. The predicted molar refractivity (Wildman–Crippen MR) is 50.8 cm³/mol. The fraction of sp³-hybridized carbons (Fsp3) is 0.273. The van der Waals surface area contributed by atoms with Crippen LogP contribution in [0.15, 0.2) is 24.3 Å². The van der Waals surface area contributed by atoms with Gasteiger partial charge in [0.2, 0.25) is 0 Å². The molecule has 0 radical (unpaired) electrons. The summed E-state index contributed by atoms with van der Waals surface area (Å²) in [7, 11) is 0. The van der Waals surface area contributed by atoms with E-state index in [-0.39, 0.29) is 5.82 Å². The summed E-state index contributed by atoms with van der Waals surface area (Å²) in [4.78, 5) is 0. The molecule has 2 atom stereocenters. The van der Waals surface area contributed by atoms with E-state index < -0.39 is 12.2 Å². The van der Waals surface area contributed by atoms with Crippen LogP contribution in [-0.2, 0) is 0 Å². The van der Waals surface area contributed by atoms with Gasteiger partial charge in [0.25, 0.3) is 0 Å². The monoisotopic (exact) mass is 194 g/mol. The minimum atomic E-state index is -0.981. The first kappa shape index (κ1) is 10.7. The second-order valence-corrected chi connectivity index (χ2v) is 2.92. The van der Waals surface area contributed by atoms with Crippen LogP contribution in [0, 0.1) is 17.7 Å². The highest BCUT2D eigenvalue weighted by Crippen LogP contribution is 2.11. The van der Waals surface area contributed by atoms with Gasteiger partial charge >= 0.3 is 0 Å². The third kappa shape index (κ3) is 3.17. The summed E-state index contributed by atoms with van der Waals surface area (Å²) in [6.45, 7) is 1.50. The average molecular weight is 194 g/mol. The Balaban J connectivity index is 2.76. The van der Waals surface area contributed by atoms with Gasteiger partial charge in [-0.2, -0.15) is 0 Å². The van der Waals surface area contributed by atoms with E-state index in [1.807, 2.05) is 0 Å². The van der Waals surface area contributed by atoms with E-state index in [0.29, 0.717) is 5.56 Å². The van der Waals surface area contributed by atoms with Gasteiger partial charge in [-0.25, -0.2) is 4.39 Å². The molecule has 2 unspecified atom stereocenters. The molecular formula is C11H11FO2. The Kier molecular flexibility index (Phi) is 3.63. The second kappa shape index (κ2) is 4.75. The third-order valence-electron chi connectivity index (χ3n) is 1.61. The molecule has 0 saturated carbocycles. The molecule has 0 saturated heterocycles. The van der Waals surface area contributed by atoms with Crippen molar-refractivity contribution in [3.8, 4) is 11.8 Å². The quantitative estimate of drug-likeness (QED) is 0.660. The lowest BCUT2D eigenvalue weighted by molar-refractivity contribution is 0.233. The molecule has 2 nitrogen and oxygen atoms in total. The van der Waals surface area contributed by atoms with Gasteiger partial charge in [-0.15, -0.1) is 0 Å². The summed E-state index contributed by atoms with van der Waals surface area (Å²) in [6, 6.07) is 5.42. The summed E-state index contributed by atoms with van der Waals surface area (Å²) >= 11 is 0. The van der Waals surface area contributed by atoms with Crippen molar-refractivity contribution >= 4 is 0 Å². The van der Waals surface area contributed by atoms with Crippen molar-refractivity contribution in [3.05, 3.63) is 35.6 Å². The smallest absolute Gasteiger partial charge is 0.140 e. The Morgan fingerprint density at radius 1 is 1.14 bits per heavy atom.